The minimum absolute atomic E-state index is 0.534. The number of pyridine rings is 1. The van der Waals surface area contributed by atoms with Gasteiger partial charge in [0, 0.05) is 37.9 Å². The number of piperidine rings is 1. The third-order valence-electron chi connectivity index (χ3n) is 6.91. The van der Waals surface area contributed by atoms with E-state index in [1.807, 2.05) is 25.4 Å². The third-order valence-corrected chi connectivity index (χ3v) is 6.91. The number of carbonyl (C=O) groups is 1. The zero-order chi connectivity index (χ0) is 22.8. The molecule has 2 fully saturated rings. The lowest BCUT2D eigenvalue weighted by atomic mass is 9.95. The van der Waals surface area contributed by atoms with Crippen molar-refractivity contribution in [2.45, 2.75) is 64.3 Å². The molecule has 2 aromatic rings. The molecule has 174 valence electrons. The van der Waals surface area contributed by atoms with Crippen LogP contribution in [0.5, 0.6) is 5.75 Å². The normalized spacial score (nSPS) is 19.0. The monoisotopic (exact) mass is 437 g/mol. The quantitative estimate of drug-likeness (QED) is 0.537. The van der Waals surface area contributed by atoms with E-state index >= 15 is 0 Å². The predicted octanol–water partition coefficient (Wildman–Crippen LogP) is 5.79. The van der Waals surface area contributed by atoms with E-state index in [1.54, 1.807) is 12.0 Å². The van der Waals surface area contributed by atoms with E-state index in [4.69, 9.17) is 4.74 Å². The lowest BCUT2D eigenvalue weighted by molar-refractivity contribution is -0.119. The second-order valence-electron chi connectivity index (χ2n) is 9.06. The lowest BCUT2D eigenvalue weighted by Gasteiger charge is -2.33. The Balaban J connectivity index is 0.000000243. The SMILES string of the molecule is CCC1CCCN(c2ccc(-c3ccc(OC)cc3)cn2)C1.CN(C=O)C1CCCCC1. The molecule has 32 heavy (non-hydrogen) atoms. The number of amides is 1. The molecule has 5 heteroatoms. The van der Waals surface area contributed by atoms with E-state index in [9.17, 15) is 4.79 Å². The fourth-order valence-corrected chi connectivity index (χ4v) is 4.71. The van der Waals surface area contributed by atoms with E-state index in [-0.39, 0.29) is 0 Å². The van der Waals surface area contributed by atoms with Crippen molar-refractivity contribution in [2.24, 2.45) is 5.92 Å². The van der Waals surface area contributed by atoms with Crippen molar-refractivity contribution in [1.82, 2.24) is 9.88 Å². The Morgan fingerprint density at radius 3 is 2.34 bits per heavy atom. The highest BCUT2D eigenvalue weighted by Crippen LogP contribution is 2.26. The Kier molecular flexibility index (Phi) is 9.39. The summed E-state index contributed by atoms with van der Waals surface area (Å²) in [6.07, 6.45) is 13.2. The van der Waals surface area contributed by atoms with Crippen LogP contribution in [0.3, 0.4) is 0 Å². The molecule has 0 N–H and O–H groups in total. The van der Waals surface area contributed by atoms with Crippen LogP contribution in [0, 0.1) is 5.92 Å². The molecule has 1 aromatic heterocycles. The Hall–Kier alpha value is -2.56. The fourth-order valence-electron chi connectivity index (χ4n) is 4.71. The van der Waals surface area contributed by atoms with Gasteiger partial charge in [0.1, 0.15) is 11.6 Å². The Morgan fingerprint density at radius 2 is 1.75 bits per heavy atom. The maximum atomic E-state index is 10.3. The maximum absolute atomic E-state index is 10.3. The summed E-state index contributed by atoms with van der Waals surface area (Å²) in [4.78, 5) is 19.2. The molecular formula is C27H39N3O2. The molecule has 0 bridgehead atoms. The number of aromatic nitrogens is 1. The number of benzene rings is 1. The molecule has 0 radical (unpaired) electrons. The van der Waals surface area contributed by atoms with Crippen molar-refractivity contribution in [1.29, 1.82) is 0 Å². The zero-order valence-corrected chi connectivity index (χ0v) is 20.0. The largest absolute Gasteiger partial charge is 0.497 e. The Bertz CT molecular complexity index is 801. The molecule has 2 heterocycles. The summed E-state index contributed by atoms with van der Waals surface area (Å²) < 4.78 is 5.20. The van der Waals surface area contributed by atoms with Crippen LogP contribution in [0.4, 0.5) is 5.82 Å². The molecule has 1 aliphatic heterocycles. The minimum atomic E-state index is 0.534. The molecule has 0 spiro atoms. The third kappa shape index (κ3) is 6.72. The Labute approximate surface area is 193 Å². The van der Waals surface area contributed by atoms with Gasteiger partial charge in [-0.15, -0.1) is 0 Å². The summed E-state index contributed by atoms with van der Waals surface area (Å²) in [6, 6.07) is 13.0. The van der Waals surface area contributed by atoms with Gasteiger partial charge in [-0.2, -0.15) is 0 Å². The Morgan fingerprint density at radius 1 is 1.03 bits per heavy atom. The van der Waals surface area contributed by atoms with Crippen LogP contribution in [0.1, 0.15) is 58.3 Å². The van der Waals surface area contributed by atoms with Crippen LogP contribution < -0.4 is 9.64 Å². The van der Waals surface area contributed by atoms with Crippen molar-refractivity contribution in [3.05, 3.63) is 42.6 Å². The van der Waals surface area contributed by atoms with Crippen LogP contribution in [0.15, 0.2) is 42.6 Å². The van der Waals surface area contributed by atoms with Crippen molar-refractivity contribution < 1.29 is 9.53 Å². The number of ether oxygens (including phenoxy) is 1. The highest BCUT2D eigenvalue weighted by atomic mass is 16.5. The summed E-state index contributed by atoms with van der Waals surface area (Å²) >= 11 is 0. The summed E-state index contributed by atoms with van der Waals surface area (Å²) in [5.74, 6) is 2.81. The van der Waals surface area contributed by atoms with E-state index in [0.717, 1.165) is 42.5 Å². The van der Waals surface area contributed by atoms with E-state index in [0.29, 0.717) is 6.04 Å². The van der Waals surface area contributed by atoms with Gasteiger partial charge < -0.3 is 14.5 Å². The standard InChI is InChI=1S/C19H24N2O.C8H15NO/c1-3-15-5-4-12-21(14-15)19-11-8-17(13-20-19)16-6-9-18(22-2)10-7-16;1-9(7-10)8-5-3-2-4-6-8/h6-11,13,15H,3-5,12,14H2,1-2H3;7-8H,2-6H2,1H3. The van der Waals surface area contributed by atoms with E-state index < -0.39 is 0 Å². The van der Waals surface area contributed by atoms with Crippen LogP contribution >= 0.6 is 0 Å². The number of hydrogen-bond donors (Lipinski definition) is 0. The number of anilines is 1. The van der Waals surface area contributed by atoms with Crippen molar-refractivity contribution in [3.63, 3.8) is 0 Å². The van der Waals surface area contributed by atoms with Crippen molar-refractivity contribution in [3.8, 4) is 16.9 Å². The highest BCUT2D eigenvalue weighted by molar-refractivity contribution is 5.64. The summed E-state index contributed by atoms with van der Waals surface area (Å²) in [5.41, 5.74) is 2.32. The first-order chi connectivity index (χ1) is 15.6. The molecule has 1 aromatic carbocycles. The summed E-state index contributed by atoms with van der Waals surface area (Å²) in [6.45, 7) is 4.56. The first-order valence-corrected chi connectivity index (χ1v) is 12.2. The summed E-state index contributed by atoms with van der Waals surface area (Å²) in [7, 11) is 3.57. The van der Waals surface area contributed by atoms with Crippen LogP contribution in [-0.4, -0.2) is 49.6 Å². The highest BCUT2D eigenvalue weighted by Gasteiger charge is 2.19. The molecule has 5 nitrogen and oxygen atoms in total. The van der Waals surface area contributed by atoms with Gasteiger partial charge in [0.15, 0.2) is 0 Å². The van der Waals surface area contributed by atoms with Gasteiger partial charge in [0.25, 0.3) is 0 Å². The van der Waals surface area contributed by atoms with Gasteiger partial charge in [0.2, 0.25) is 6.41 Å². The number of hydrogen-bond acceptors (Lipinski definition) is 4. The van der Waals surface area contributed by atoms with Gasteiger partial charge in [-0.05, 0) is 61.4 Å². The predicted molar refractivity (Wildman–Crippen MR) is 132 cm³/mol. The van der Waals surface area contributed by atoms with Gasteiger partial charge in [-0.3, -0.25) is 4.79 Å². The minimum Gasteiger partial charge on any atom is -0.497 e. The molecular weight excluding hydrogens is 398 g/mol. The molecule has 1 amide bonds. The lowest BCUT2D eigenvalue weighted by Crippen LogP contribution is -2.35. The second kappa shape index (κ2) is 12.5. The number of rotatable bonds is 6. The number of carbonyl (C=O) groups excluding carboxylic acids is 1. The molecule has 2 aliphatic rings. The summed E-state index contributed by atoms with van der Waals surface area (Å²) in [5, 5.41) is 0. The molecule has 1 atom stereocenters. The van der Waals surface area contributed by atoms with Gasteiger partial charge in [-0.1, -0.05) is 44.7 Å². The smallest absolute Gasteiger partial charge is 0.209 e. The molecule has 1 aliphatic carbocycles. The first kappa shape index (κ1) is 24.1. The van der Waals surface area contributed by atoms with Crippen LogP contribution in [0.25, 0.3) is 11.1 Å². The number of methoxy groups -OCH3 is 1. The maximum Gasteiger partial charge on any atom is 0.209 e. The zero-order valence-electron chi connectivity index (χ0n) is 20.0. The topological polar surface area (TPSA) is 45.7 Å². The molecule has 1 unspecified atom stereocenters. The van der Waals surface area contributed by atoms with Crippen LogP contribution in [0.2, 0.25) is 0 Å². The van der Waals surface area contributed by atoms with Gasteiger partial charge in [-0.25, -0.2) is 4.98 Å². The fraction of sp³-hybridized carbons (Fsp3) is 0.556. The van der Waals surface area contributed by atoms with Gasteiger partial charge in [0.05, 0.1) is 7.11 Å². The van der Waals surface area contributed by atoms with Crippen LogP contribution in [-0.2, 0) is 4.79 Å². The average molecular weight is 438 g/mol. The first-order valence-electron chi connectivity index (χ1n) is 12.2. The molecule has 4 rings (SSSR count). The average Bonchev–Trinajstić information content (AvgIpc) is 2.89. The second-order valence-corrected chi connectivity index (χ2v) is 9.06. The van der Waals surface area contributed by atoms with Crippen molar-refractivity contribution >= 4 is 12.2 Å². The van der Waals surface area contributed by atoms with Gasteiger partial charge >= 0.3 is 0 Å². The van der Waals surface area contributed by atoms with Crippen molar-refractivity contribution in [2.75, 3.05) is 32.1 Å². The van der Waals surface area contributed by atoms with E-state index in [2.05, 4.69) is 41.1 Å². The molecule has 1 saturated carbocycles. The van der Waals surface area contributed by atoms with E-state index in [1.165, 1.54) is 56.9 Å². The number of nitrogens with zero attached hydrogens (tertiary/aromatic N) is 3. The molecule has 1 saturated heterocycles.